The lowest BCUT2D eigenvalue weighted by Gasteiger charge is -2.12. The van der Waals surface area contributed by atoms with Gasteiger partial charge in [0, 0.05) is 0 Å². The van der Waals surface area contributed by atoms with E-state index in [1.54, 1.807) is 12.1 Å². The Morgan fingerprint density at radius 3 is 2.55 bits per heavy atom. The van der Waals surface area contributed by atoms with Crippen molar-refractivity contribution in [1.82, 2.24) is 0 Å². The maximum Gasteiger partial charge on any atom is 0.337 e. The average Bonchev–Trinajstić information content (AvgIpc) is 2.41. The molecule has 0 aliphatic heterocycles. The van der Waals surface area contributed by atoms with E-state index in [2.05, 4.69) is 5.32 Å². The number of aromatic carboxylic acids is 1. The molecule has 0 heterocycles. The average molecular weight is 271 g/mol. The fraction of sp³-hybridized carbons (Fsp3) is 0. The minimum Gasteiger partial charge on any atom is -0.478 e. The van der Waals surface area contributed by atoms with Crippen LogP contribution >= 0.6 is 0 Å². The molecule has 0 radical (unpaired) electrons. The number of nitriles is 1. The molecule has 4 N–H and O–H groups in total. The second-order valence-electron chi connectivity index (χ2n) is 3.97. The Balaban J connectivity index is 2.47. The van der Waals surface area contributed by atoms with E-state index in [4.69, 9.17) is 16.1 Å². The number of anilines is 3. The van der Waals surface area contributed by atoms with Gasteiger partial charge < -0.3 is 16.2 Å². The SMILES string of the molecule is N#Cc1c(F)cccc1Nc1cccc(C(=O)O)c1N. The van der Waals surface area contributed by atoms with Crippen molar-refractivity contribution in [2.24, 2.45) is 0 Å². The summed E-state index contributed by atoms with van der Waals surface area (Å²) in [5, 5.41) is 20.7. The lowest BCUT2D eigenvalue weighted by Crippen LogP contribution is -2.06. The molecule has 0 bridgehead atoms. The summed E-state index contributed by atoms with van der Waals surface area (Å²) in [4.78, 5) is 11.0. The molecular weight excluding hydrogens is 261 g/mol. The number of para-hydroxylation sites is 1. The predicted octanol–water partition coefficient (Wildman–Crippen LogP) is 2.72. The Morgan fingerprint density at radius 1 is 1.25 bits per heavy atom. The number of carbonyl (C=O) groups is 1. The van der Waals surface area contributed by atoms with Gasteiger partial charge in [0.25, 0.3) is 0 Å². The van der Waals surface area contributed by atoms with Crippen LogP contribution in [0.3, 0.4) is 0 Å². The normalized spacial score (nSPS) is 9.80. The number of halogens is 1. The summed E-state index contributed by atoms with van der Waals surface area (Å²) in [7, 11) is 0. The zero-order chi connectivity index (χ0) is 14.7. The molecule has 0 atom stereocenters. The molecule has 20 heavy (non-hydrogen) atoms. The molecule has 0 amide bonds. The van der Waals surface area contributed by atoms with Crippen molar-refractivity contribution >= 4 is 23.0 Å². The summed E-state index contributed by atoms with van der Waals surface area (Å²) in [5.41, 5.74) is 6.06. The highest BCUT2D eigenvalue weighted by molar-refractivity contribution is 5.97. The third-order valence-electron chi connectivity index (χ3n) is 2.73. The van der Waals surface area contributed by atoms with Crippen molar-refractivity contribution in [2.45, 2.75) is 0 Å². The largest absolute Gasteiger partial charge is 0.478 e. The first kappa shape index (κ1) is 13.4. The first-order valence-electron chi connectivity index (χ1n) is 5.62. The van der Waals surface area contributed by atoms with Crippen LogP contribution in [0.4, 0.5) is 21.5 Å². The first-order valence-corrected chi connectivity index (χ1v) is 5.62. The summed E-state index contributed by atoms with van der Waals surface area (Å²) in [5.74, 6) is -1.82. The van der Waals surface area contributed by atoms with Crippen LogP contribution in [0.5, 0.6) is 0 Å². The van der Waals surface area contributed by atoms with Crippen LogP contribution in [0, 0.1) is 17.1 Å². The monoisotopic (exact) mass is 271 g/mol. The van der Waals surface area contributed by atoms with Gasteiger partial charge in [-0.15, -0.1) is 0 Å². The van der Waals surface area contributed by atoms with Crippen LogP contribution in [0.2, 0.25) is 0 Å². The van der Waals surface area contributed by atoms with Gasteiger partial charge in [-0.25, -0.2) is 9.18 Å². The number of hydrogen-bond acceptors (Lipinski definition) is 4. The summed E-state index contributed by atoms with van der Waals surface area (Å²) in [6, 6.07) is 10.3. The molecule has 0 aromatic heterocycles. The maximum absolute atomic E-state index is 13.5. The Hall–Kier alpha value is -3.07. The van der Waals surface area contributed by atoms with Gasteiger partial charge in [0.2, 0.25) is 0 Å². The van der Waals surface area contributed by atoms with Crippen molar-refractivity contribution in [3.05, 3.63) is 53.3 Å². The van der Waals surface area contributed by atoms with Gasteiger partial charge in [-0.2, -0.15) is 5.26 Å². The lowest BCUT2D eigenvalue weighted by atomic mass is 10.1. The molecule has 100 valence electrons. The van der Waals surface area contributed by atoms with E-state index in [-0.39, 0.29) is 22.5 Å². The molecule has 2 aromatic rings. The number of carboxylic acid groups (broad SMARTS) is 1. The molecule has 6 heteroatoms. The first-order chi connectivity index (χ1) is 9.54. The number of carboxylic acids is 1. The third kappa shape index (κ3) is 2.37. The number of rotatable bonds is 3. The Labute approximate surface area is 114 Å². The van der Waals surface area contributed by atoms with E-state index in [1.165, 1.54) is 30.3 Å². The fourth-order valence-corrected chi connectivity index (χ4v) is 1.75. The van der Waals surface area contributed by atoms with Crippen molar-refractivity contribution < 1.29 is 14.3 Å². The van der Waals surface area contributed by atoms with Crippen LogP contribution < -0.4 is 11.1 Å². The van der Waals surface area contributed by atoms with Gasteiger partial charge in [-0.3, -0.25) is 0 Å². The van der Waals surface area contributed by atoms with Gasteiger partial charge in [0.15, 0.2) is 0 Å². The van der Waals surface area contributed by atoms with Crippen molar-refractivity contribution in [3.63, 3.8) is 0 Å². The van der Waals surface area contributed by atoms with Gasteiger partial charge in [0.05, 0.1) is 22.6 Å². The van der Waals surface area contributed by atoms with E-state index in [1.807, 2.05) is 0 Å². The van der Waals surface area contributed by atoms with Gasteiger partial charge in [-0.05, 0) is 24.3 Å². The highest BCUT2D eigenvalue weighted by Crippen LogP contribution is 2.28. The summed E-state index contributed by atoms with van der Waals surface area (Å²) in [6.45, 7) is 0. The highest BCUT2D eigenvalue weighted by atomic mass is 19.1. The number of hydrogen-bond donors (Lipinski definition) is 3. The van der Waals surface area contributed by atoms with E-state index >= 15 is 0 Å². The molecular formula is C14H10FN3O2. The fourth-order valence-electron chi connectivity index (χ4n) is 1.75. The van der Waals surface area contributed by atoms with Crippen LogP contribution in [0.1, 0.15) is 15.9 Å². The van der Waals surface area contributed by atoms with Crippen LogP contribution in [0.25, 0.3) is 0 Å². The molecule has 2 aromatic carbocycles. The van der Waals surface area contributed by atoms with Crippen molar-refractivity contribution in [1.29, 1.82) is 5.26 Å². The minimum absolute atomic E-state index is 0.0214. The minimum atomic E-state index is -1.16. The molecule has 0 unspecified atom stereocenters. The number of nitrogens with two attached hydrogens (primary N) is 1. The summed E-state index contributed by atoms with van der Waals surface area (Å²) >= 11 is 0. The van der Waals surface area contributed by atoms with E-state index < -0.39 is 11.8 Å². The quantitative estimate of drug-likeness (QED) is 0.745. The van der Waals surface area contributed by atoms with Crippen LogP contribution in [-0.2, 0) is 0 Å². The molecule has 0 spiro atoms. The topological polar surface area (TPSA) is 99.1 Å². The smallest absolute Gasteiger partial charge is 0.337 e. The third-order valence-corrected chi connectivity index (χ3v) is 2.73. The van der Waals surface area contributed by atoms with E-state index in [9.17, 15) is 9.18 Å². The standard InChI is InChI=1S/C14H10FN3O2/c15-10-4-2-5-11(9(10)7-16)18-12-6-1-3-8(13(12)17)14(19)20/h1-6,18H,17H2,(H,19,20). The number of benzene rings is 2. The molecule has 0 saturated heterocycles. The Morgan fingerprint density at radius 2 is 1.90 bits per heavy atom. The number of nitrogen functional groups attached to an aromatic ring is 1. The molecule has 0 aliphatic carbocycles. The van der Waals surface area contributed by atoms with Gasteiger partial charge in [-0.1, -0.05) is 12.1 Å². The Kier molecular flexibility index (Phi) is 3.53. The predicted molar refractivity (Wildman–Crippen MR) is 72.2 cm³/mol. The number of nitrogens with zero attached hydrogens (tertiary/aromatic N) is 1. The van der Waals surface area contributed by atoms with E-state index in [0.717, 1.165) is 0 Å². The van der Waals surface area contributed by atoms with Gasteiger partial charge >= 0.3 is 5.97 Å². The molecule has 0 aliphatic rings. The highest BCUT2D eigenvalue weighted by Gasteiger charge is 2.13. The summed E-state index contributed by atoms with van der Waals surface area (Å²) in [6.07, 6.45) is 0. The van der Waals surface area contributed by atoms with E-state index in [0.29, 0.717) is 5.69 Å². The lowest BCUT2D eigenvalue weighted by molar-refractivity contribution is 0.0698. The summed E-state index contributed by atoms with van der Waals surface area (Å²) < 4.78 is 13.5. The number of nitrogens with one attached hydrogen (secondary N) is 1. The molecule has 5 nitrogen and oxygen atoms in total. The van der Waals surface area contributed by atoms with Gasteiger partial charge in [0.1, 0.15) is 17.4 Å². The van der Waals surface area contributed by atoms with Crippen molar-refractivity contribution in [2.75, 3.05) is 11.1 Å². The van der Waals surface area contributed by atoms with Crippen LogP contribution in [0.15, 0.2) is 36.4 Å². The molecule has 0 saturated carbocycles. The van der Waals surface area contributed by atoms with Crippen LogP contribution in [-0.4, -0.2) is 11.1 Å². The zero-order valence-electron chi connectivity index (χ0n) is 10.2. The zero-order valence-corrected chi connectivity index (χ0v) is 10.2. The molecule has 0 fully saturated rings. The Bertz CT molecular complexity index is 723. The maximum atomic E-state index is 13.5. The second kappa shape index (κ2) is 5.28. The van der Waals surface area contributed by atoms with Crippen molar-refractivity contribution in [3.8, 4) is 6.07 Å². The second-order valence-corrected chi connectivity index (χ2v) is 3.97. The molecule has 2 rings (SSSR count).